The highest BCUT2D eigenvalue weighted by Crippen LogP contribution is 2.25. The van der Waals surface area contributed by atoms with Crippen LogP contribution in [0.5, 0.6) is 0 Å². The van der Waals surface area contributed by atoms with E-state index in [2.05, 4.69) is 44.0 Å². The number of piperazine rings is 1. The number of amides is 1. The fourth-order valence-corrected chi connectivity index (χ4v) is 4.92. The number of hydrogen-bond donors (Lipinski definition) is 1. The van der Waals surface area contributed by atoms with Gasteiger partial charge in [0.2, 0.25) is 0 Å². The molecule has 6 nitrogen and oxygen atoms in total. The molecule has 1 aliphatic carbocycles. The normalized spacial score (nSPS) is 23.0. The maximum absolute atomic E-state index is 13.0. The fraction of sp³-hybridized carbons (Fsp3) is 0.545. The molecule has 1 fully saturated rings. The Kier molecular flexibility index (Phi) is 4.91. The van der Waals surface area contributed by atoms with Crippen molar-refractivity contribution in [2.75, 3.05) is 39.3 Å². The van der Waals surface area contributed by atoms with Crippen molar-refractivity contribution in [1.82, 2.24) is 24.7 Å². The first-order valence-corrected chi connectivity index (χ1v) is 10.6. The van der Waals surface area contributed by atoms with Crippen LogP contribution in [0.15, 0.2) is 30.5 Å². The molecule has 1 unspecified atom stereocenters. The zero-order chi connectivity index (χ0) is 18.9. The quantitative estimate of drug-likeness (QED) is 0.856. The Balaban J connectivity index is 1.20. The van der Waals surface area contributed by atoms with E-state index in [4.69, 9.17) is 0 Å². The monoisotopic (exact) mass is 379 g/mol. The van der Waals surface area contributed by atoms with Crippen molar-refractivity contribution < 1.29 is 4.79 Å². The van der Waals surface area contributed by atoms with E-state index in [1.54, 1.807) is 0 Å². The molecule has 5 rings (SSSR count). The predicted octanol–water partition coefficient (Wildman–Crippen LogP) is 1.34. The number of benzene rings is 1. The van der Waals surface area contributed by atoms with E-state index in [-0.39, 0.29) is 5.91 Å². The van der Waals surface area contributed by atoms with E-state index in [9.17, 15) is 4.79 Å². The van der Waals surface area contributed by atoms with Crippen molar-refractivity contribution in [2.24, 2.45) is 0 Å². The topological polar surface area (TPSA) is 53.4 Å². The minimum absolute atomic E-state index is 0.0992. The highest BCUT2D eigenvalue weighted by atomic mass is 16.2. The van der Waals surface area contributed by atoms with Crippen molar-refractivity contribution >= 4 is 5.91 Å². The molecule has 1 aromatic carbocycles. The third-order valence-corrected chi connectivity index (χ3v) is 6.57. The molecule has 2 aliphatic heterocycles. The van der Waals surface area contributed by atoms with Crippen LogP contribution < -0.4 is 5.32 Å². The zero-order valence-electron chi connectivity index (χ0n) is 16.4. The lowest BCUT2D eigenvalue weighted by Gasteiger charge is -2.41. The Morgan fingerprint density at radius 3 is 2.68 bits per heavy atom. The maximum Gasteiger partial charge on any atom is 0.274 e. The number of hydrogen-bond acceptors (Lipinski definition) is 4. The van der Waals surface area contributed by atoms with Gasteiger partial charge in [-0.1, -0.05) is 24.3 Å². The van der Waals surface area contributed by atoms with Gasteiger partial charge in [0.1, 0.15) is 11.5 Å². The number of imidazole rings is 1. The van der Waals surface area contributed by atoms with Crippen LogP contribution in [0.3, 0.4) is 0 Å². The molecule has 1 N–H and O–H groups in total. The van der Waals surface area contributed by atoms with Crippen LogP contribution in [0.25, 0.3) is 0 Å². The van der Waals surface area contributed by atoms with Gasteiger partial charge in [-0.05, 0) is 30.4 Å². The summed E-state index contributed by atoms with van der Waals surface area (Å²) >= 11 is 0. The molecule has 1 amide bonds. The maximum atomic E-state index is 13.0. The van der Waals surface area contributed by atoms with Crippen LogP contribution in [-0.2, 0) is 25.8 Å². The summed E-state index contributed by atoms with van der Waals surface area (Å²) in [4.78, 5) is 22.2. The highest BCUT2D eigenvalue weighted by Gasteiger charge is 2.30. The SMILES string of the molecule is O=C(c1cn2c(n1)CCNCC2)N1CCN(C2CCc3ccccc3C2)CC1. The Labute approximate surface area is 166 Å². The number of carbonyl (C=O) groups is 1. The minimum Gasteiger partial charge on any atom is -0.335 e. The third kappa shape index (κ3) is 3.47. The number of carbonyl (C=O) groups excluding carboxylic acids is 1. The van der Waals surface area contributed by atoms with E-state index in [0.29, 0.717) is 11.7 Å². The van der Waals surface area contributed by atoms with Gasteiger partial charge in [0.25, 0.3) is 5.91 Å². The summed E-state index contributed by atoms with van der Waals surface area (Å²) < 4.78 is 2.14. The molecule has 28 heavy (non-hydrogen) atoms. The molecule has 1 saturated heterocycles. The van der Waals surface area contributed by atoms with Gasteiger partial charge in [-0.15, -0.1) is 0 Å². The molecule has 1 aromatic heterocycles. The first-order valence-electron chi connectivity index (χ1n) is 10.6. The van der Waals surface area contributed by atoms with Crippen LogP contribution in [0.4, 0.5) is 0 Å². The number of rotatable bonds is 2. The highest BCUT2D eigenvalue weighted by molar-refractivity contribution is 5.92. The number of nitrogens with one attached hydrogen (secondary N) is 1. The van der Waals surface area contributed by atoms with Crippen LogP contribution in [0, 0.1) is 0 Å². The molecule has 0 radical (unpaired) electrons. The average molecular weight is 380 g/mol. The summed E-state index contributed by atoms with van der Waals surface area (Å²) in [5, 5.41) is 3.37. The second-order valence-corrected chi connectivity index (χ2v) is 8.23. The van der Waals surface area contributed by atoms with Gasteiger partial charge >= 0.3 is 0 Å². The van der Waals surface area contributed by atoms with Crippen LogP contribution in [0.2, 0.25) is 0 Å². The van der Waals surface area contributed by atoms with Crippen molar-refractivity contribution in [2.45, 2.75) is 38.3 Å². The molecule has 3 heterocycles. The van der Waals surface area contributed by atoms with Gasteiger partial charge in [0.15, 0.2) is 0 Å². The third-order valence-electron chi connectivity index (χ3n) is 6.57. The Morgan fingerprint density at radius 2 is 1.82 bits per heavy atom. The summed E-state index contributed by atoms with van der Waals surface area (Å²) in [6.07, 6.45) is 6.40. The summed E-state index contributed by atoms with van der Waals surface area (Å²) in [6, 6.07) is 9.46. The molecular weight excluding hydrogens is 350 g/mol. The smallest absolute Gasteiger partial charge is 0.274 e. The minimum atomic E-state index is 0.0992. The fourth-order valence-electron chi connectivity index (χ4n) is 4.92. The lowest BCUT2D eigenvalue weighted by atomic mass is 9.87. The molecule has 1 atom stereocenters. The number of fused-ring (bicyclic) bond motifs is 2. The second kappa shape index (κ2) is 7.68. The summed E-state index contributed by atoms with van der Waals surface area (Å²) in [7, 11) is 0. The lowest BCUT2D eigenvalue weighted by Crippen LogP contribution is -2.53. The first-order chi connectivity index (χ1) is 13.8. The van der Waals surface area contributed by atoms with E-state index >= 15 is 0 Å². The Hall–Kier alpha value is -2.18. The van der Waals surface area contributed by atoms with E-state index in [0.717, 1.165) is 64.5 Å². The largest absolute Gasteiger partial charge is 0.335 e. The van der Waals surface area contributed by atoms with Crippen LogP contribution >= 0.6 is 0 Å². The van der Waals surface area contributed by atoms with E-state index in [1.807, 2.05) is 11.1 Å². The molecule has 3 aliphatic rings. The van der Waals surface area contributed by atoms with Gasteiger partial charge in [-0.25, -0.2) is 4.98 Å². The van der Waals surface area contributed by atoms with E-state index in [1.165, 1.54) is 24.0 Å². The van der Waals surface area contributed by atoms with Crippen molar-refractivity contribution in [3.63, 3.8) is 0 Å². The summed E-state index contributed by atoms with van der Waals surface area (Å²) in [5.41, 5.74) is 3.64. The van der Waals surface area contributed by atoms with Crippen LogP contribution in [0.1, 0.15) is 33.9 Å². The molecule has 0 spiro atoms. The van der Waals surface area contributed by atoms with Gasteiger partial charge in [0.05, 0.1) is 0 Å². The molecular formula is C22H29N5O. The van der Waals surface area contributed by atoms with E-state index < -0.39 is 0 Å². The second-order valence-electron chi connectivity index (χ2n) is 8.23. The molecule has 148 valence electrons. The molecule has 6 heteroatoms. The van der Waals surface area contributed by atoms with Crippen molar-refractivity contribution in [3.8, 4) is 0 Å². The van der Waals surface area contributed by atoms with Crippen molar-refractivity contribution in [3.05, 3.63) is 53.1 Å². The first kappa shape index (κ1) is 17.9. The molecule has 0 bridgehead atoms. The molecule has 0 saturated carbocycles. The summed E-state index contributed by atoms with van der Waals surface area (Å²) in [6.45, 7) is 6.33. The standard InChI is InChI=1S/C22H29N5O/c28-22(20-16-27-10-9-23-8-7-21(27)24-20)26-13-11-25(12-14-26)19-6-5-17-3-1-2-4-18(17)15-19/h1-4,16,19,23H,5-15H2. The Bertz CT molecular complexity index is 829. The zero-order valence-corrected chi connectivity index (χ0v) is 16.4. The number of aromatic nitrogens is 2. The van der Waals surface area contributed by atoms with Crippen molar-refractivity contribution in [1.29, 1.82) is 0 Å². The number of nitrogens with zero attached hydrogens (tertiary/aromatic N) is 4. The number of aryl methyl sites for hydroxylation is 1. The predicted molar refractivity (Wildman–Crippen MR) is 109 cm³/mol. The van der Waals surface area contributed by atoms with Gasteiger partial charge in [-0.2, -0.15) is 0 Å². The summed E-state index contributed by atoms with van der Waals surface area (Å²) in [5.74, 6) is 1.13. The average Bonchev–Trinajstić information content (AvgIpc) is 3.03. The molecule has 2 aromatic rings. The van der Waals surface area contributed by atoms with Gasteiger partial charge < -0.3 is 14.8 Å². The Morgan fingerprint density at radius 1 is 1.00 bits per heavy atom. The van der Waals surface area contributed by atoms with Gasteiger partial charge in [0, 0.05) is 64.5 Å². The lowest BCUT2D eigenvalue weighted by molar-refractivity contribution is 0.0548. The van der Waals surface area contributed by atoms with Crippen LogP contribution in [-0.4, -0.2) is 70.6 Å². The van der Waals surface area contributed by atoms with Gasteiger partial charge in [-0.3, -0.25) is 9.69 Å².